The maximum absolute atomic E-state index is 14.1. The van der Waals surface area contributed by atoms with Crippen LogP contribution in [0.5, 0.6) is 5.75 Å². The lowest BCUT2D eigenvalue weighted by atomic mass is 9.77. The third kappa shape index (κ3) is 5.08. The van der Waals surface area contributed by atoms with Gasteiger partial charge in [0, 0.05) is 19.7 Å². The van der Waals surface area contributed by atoms with Gasteiger partial charge in [-0.3, -0.25) is 4.79 Å². The van der Waals surface area contributed by atoms with Gasteiger partial charge in [-0.15, -0.1) is 0 Å². The standard InChI is InChI=1S/C23H24F3N3O6S/c1-4-13-35-16-9-5-14(6-10-16)19-18(22(32,23(24,25)26)28-21(31)27-19)20(30)15-7-11-17(12-8-15)36(33,34)29(2)3/h4-12,18-19,32H,1,13H2,2-3H3,(H2,27,28,31)/t18-,19+,22+/m0/s1. The smallest absolute Gasteiger partial charge is 0.437 e. The summed E-state index contributed by atoms with van der Waals surface area (Å²) >= 11 is 0. The molecule has 1 aliphatic rings. The number of aliphatic hydroxyl groups is 1. The van der Waals surface area contributed by atoms with Gasteiger partial charge >= 0.3 is 12.2 Å². The van der Waals surface area contributed by atoms with Crippen molar-refractivity contribution in [1.82, 2.24) is 14.9 Å². The van der Waals surface area contributed by atoms with E-state index in [4.69, 9.17) is 4.74 Å². The van der Waals surface area contributed by atoms with E-state index >= 15 is 0 Å². The van der Waals surface area contributed by atoms with E-state index in [1.54, 1.807) is 0 Å². The molecule has 2 aromatic rings. The third-order valence-corrected chi connectivity index (χ3v) is 7.44. The molecule has 194 valence electrons. The fraction of sp³-hybridized carbons (Fsp3) is 0.304. The van der Waals surface area contributed by atoms with Crippen LogP contribution in [0.4, 0.5) is 18.0 Å². The van der Waals surface area contributed by atoms with E-state index in [0.717, 1.165) is 28.6 Å². The highest BCUT2D eigenvalue weighted by atomic mass is 32.2. The monoisotopic (exact) mass is 527 g/mol. The number of nitrogens with one attached hydrogen (secondary N) is 2. The molecule has 0 saturated carbocycles. The zero-order valence-electron chi connectivity index (χ0n) is 19.2. The number of ketones is 1. The van der Waals surface area contributed by atoms with Gasteiger partial charge in [0.2, 0.25) is 15.7 Å². The zero-order chi connectivity index (χ0) is 26.9. The number of alkyl halides is 3. The van der Waals surface area contributed by atoms with Crippen molar-refractivity contribution in [3.05, 3.63) is 72.3 Å². The number of hydrogen-bond donors (Lipinski definition) is 3. The number of nitrogens with zero attached hydrogens (tertiary/aromatic N) is 1. The summed E-state index contributed by atoms with van der Waals surface area (Å²) in [5.41, 5.74) is -4.11. The van der Waals surface area contributed by atoms with Crippen LogP contribution in [0.25, 0.3) is 0 Å². The van der Waals surface area contributed by atoms with Crippen LogP contribution in [-0.4, -0.2) is 62.2 Å². The molecule has 0 bridgehead atoms. The van der Waals surface area contributed by atoms with Crippen molar-refractivity contribution in [2.75, 3.05) is 20.7 Å². The highest BCUT2D eigenvalue weighted by molar-refractivity contribution is 7.89. The summed E-state index contributed by atoms with van der Waals surface area (Å²) in [5, 5.41) is 14.4. The second-order valence-electron chi connectivity index (χ2n) is 8.16. The molecule has 3 N–H and O–H groups in total. The van der Waals surface area contributed by atoms with Crippen LogP contribution in [0, 0.1) is 5.92 Å². The summed E-state index contributed by atoms with van der Waals surface area (Å²) in [6, 6.07) is 6.92. The van der Waals surface area contributed by atoms with Gasteiger partial charge in [0.05, 0.1) is 10.9 Å². The Kier molecular flexibility index (Phi) is 7.48. The number of carbonyl (C=O) groups excluding carboxylic acids is 2. The van der Waals surface area contributed by atoms with Crippen molar-refractivity contribution >= 4 is 21.8 Å². The summed E-state index contributed by atoms with van der Waals surface area (Å²) in [6.45, 7) is 3.69. The molecule has 0 spiro atoms. The fourth-order valence-corrected chi connectivity index (χ4v) is 4.63. The van der Waals surface area contributed by atoms with Crippen molar-refractivity contribution in [2.45, 2.75) is 22.8 Å². The Balaban J connectivity index is 2.07. The number of halogens is 3. The van der Waals surface area contributed by atoms with Gasteiger partial charge in [-0.05, 0) is 29.8 Å². The molecule has 1 saturated heterocycles. The molecule has 0 aromatic heterocycles. The van der Waals surface area contributed by atoms with Gasteiger partial charge in [0.1, 0.15) is 18.3 Å². The molecular weight excluding hydrogens is 503 g/mol. The van der Waals surface area contributed by atoms with Gasteiger partial charge < -0.3 is 20.5 Å². The van der Waals surface area contributed by atoms with Crippen LogP contribution in [-0.2, 0) is 10.0 Å². The predicted molar refractivity (Wildman–Crippen MR) is 123 cm³/mol. The van der Waals surface area contributed by atoms with Crippen molar-refractivity contribution in [2.24, 2.45) is 5.92 Å². The van der Waals surface area contributed by atoms with E-state index in [1.807, 2.05) is 0 Å². The Morgan fingerprint density at radius 2 is 1.75 bits per heavy atom. The van der Waals surface area contributed by atoms with E-state index < -0.39 is 45.7 Å². The molecular formula is C23H24F3N3O6S. The van der Waals surface area contributed by atoms with E-state index in [-0.39, 0.29) is 22.6 Å². The lowest BCUT2D eigenvalue weighted by molar-refractivity contribution is -0.287. The third-order valence-electron chi connectivity index (χ3n) is 5.61. The first kappa shape index (κ1) is 27.2. The Morgan fingerprint density at radius 1 is 1.17 bits per heavy atom. The largest absolute Gasteiger partial charge is 0.490 e. The van der Waals surface area contributed by atoms with Crippen LogP contribution in [0.1, 0.15) is 22.0 Å². The number of Topliss-reactive ketones (excluding diaryl/α,β-unsaturated/α-hetero) is 1. The Bertz CT molecular complexity index is 1250. The Labute approximate surface area is 205 Å². The Hall–Kier alpha value is -3.42. The number of ether oxygens (including phenoxy) is 1. The summed E-state index contributed by atoms with van der Waals surface area (Å²) in [7, 11) is -1.26. The number of rotatable bonds is 8. The quantitative estimate of drug-likeness (QED) is 0.358. The highest BCUT2D eigenvalue weighted by Crippen LogP contribution is 2.44. The van der Waals surface area contributed by atoms with E-state index in [2.05, 4.69) is 11.9 Å². The van der Waals surface area contributed by atoms with Crippen LogP contribution in [0.15, 0.2) is 66.1 Å². The Morgan fingerprint density at radius 3 is 2.25 bits per heavy atom. The molecule has 2 aromatic carbocycles. The van der Waals surface area contributed by atoms with Gasteiger partial charge in [-0.1, -0.05) is 36.9 Å². The minimum Gasteiger partial charge on any atom is -0.490 e. The SMILES string of the molecule is C=CCOc1ccc([C@H]2NC(=O)N[C@](O)(C(F)(F)F)[C@@H]2C(=O)c2ccc(S(=O)(=O)N(C)C)cc2)cc1. The molecule has 3 rings (SSSR count). The van der Waals surface area contributed by atoms with Crippen molar-refractivity contribution < 1.29 is 41.0 Å². The van der Waals surface area contributed by atoms with E-state index in [9.17, 15) is 36.3 Å². The van der Waals surface area contributed by atoms with Crippen LogP contribution in [0.2, 0.25) is 0 Å². The summed E-state index contributed by atoms with van der Waals surface area (Å²) in [4.78, 5) is 25.4. The number of amides is 2. The van der Waals surface area contributed by atoms with Gasteiger partial charge in [0.25, 0.3) is 0 Å². The average molecular weight is 528 g/mol. The van der Waals surface area contributed by atoms with Crippen molar-refractivity contribution in [3.63, 3.8) is 0 Å². The molecule has 0 aliphatic carbocycles. The van der Waals surface area contributed by atoms with E-state index in [0.29, 0.717) is 5.75 Å². The first-order chi connectivity index (χ1) is 16.7. The summed E-state index contributed by atoms with van der Waals surface area (Å²) < 4.78 is 73.1. The predicted octanol–water partition coefficient (Wildman–Crippen LogP) is 2.61. The minimum absolute atomic E-state index is 0.101. The molecule has 1 aliphatic heterocycles. The number of sulfonamides is 1. The number of benzene rings is 2. The second-order valence-corrected chi connectivity index (χ2v) is 10.3. The molecule has 36 heavy (non-hydrogen) atoms. The molecule has 0 unspecified atom stereocenters. The maximum Gasteiger partial charge on any atom is 0.437 e. The van der Waals surface area contributed by atoms with Crippen LogP contribution in [0.3, 0.4) is 0 Å². The van der Waals surface area contributed by atoms with Gasteiger partial charge in [-0.25, -0.2) is 17.5 Å². The average Bonchev–Trinajstić information content (AvgIpc) is 2.81. The molecule has 1 fully saturated rings. The fourth-order valence-electron chi connectivity index (χ4n) is 3.72. The molecule has 2 amide bonds. The van der Waals surface area contributed by atoms with Crippen LogP contribution >= 0.6 is 0 Å². The van der Waals surface area contributed by atoms with Gasteiger partial charge in [-0.2, -0.15) is 13.2 Å². The van der Waals surface area contributed by atoms with Crippen molar-refractivity contribution in [1.29, 1.82) is 0 Å². The van der Waals surface area contributed by atoms with E-state index in [1.165, 1.54) is 49.8 Å². The molecule has 9 nitrogen and oxygen atoms in total. The lowest BCUT2D eigenvalue weighted by Crippen LogP contribution is -2.72. The maximum atomic E-state index is 14.1. The first-order valence-electron chi connectivity index (χ1n) is 10.5. The first-order valence-corrected chi connectivity index (χ1v) is 11.9. The molecule has 0 radical (unpaired) electrons. The molecule has 1 heterocycles. The zero-order valence-corrected chi connectivity index (χ0v) is 20.1. The van der Waals surface area contributed by atoms with Crippen molar-refractivity contribution in [3.8, 4) is 5.75 Å². The summed E-state index contributed by atoms with van der Waals surface area (Å²) in [5.74, 6) is -3.06. The molecule has 3 atom stereocenters. The van der Waals surface area contributed by atoms with Gasteiger partial charge in [0.15, 0.2) is 5.78 Å². The second kappa shape index (κ2) is 9.91. The van der Waals surface area contributed by atoms with Crippen LogP contribution < -0.4 is 15.4 Å². The number of hydrogen-bond acceptors (Lipinski definition) is 6. The number of carbonyl (C=O) groups is 2. The summed E-state index contributed by atoms with van der Waals surface area (Å²) in [6.07, 6.45) is -3.93. The number of urea groups is 1. The minimum atomic E-state index is -5.43. The lowest BCUT2D eigenvalue weighted by Gasteiger charge is -2.45. The molecule has 13 heteroatoms. The highest BCUT2D eigenvalue weighted by Gasteiger charge is 2.66. The topological polar surface area (TPSA) is 125 Å². The normalized spacial score (nSPS) is 22.5.